The van der Waals surface area contributed by atoms with Crippen LogP contribution in [-0.2, 0) is 125 Å². The third-order valence-electron chi connectivity index (χ3n) is 18.8. The minimum absolute atomic E-state index is 0. The molecule has 5 saturated heterocycles. The quantitative estimate of drug-likeness (QED) is 0.00667. The number of carbonyl (C=O) groups excluding carboxylic acids is 8. The molecule has 9 aliphatic rings. The van der Waals surface area contributed by atoms with Gasteiger partial charge < -0.3 is 67.6 Å². The van der Waals surface area contributed by atoms with E-state index in [2.05, 4.69) is 151 Å². The van der Waals surface area contributed by atoms with E-state index in [0.717, 1.165) is 132 Å². The van der Waals surface area contributed by atoms with Crippen molar-refractivity contribution < 1.29 is 117 Å². The van der Waals surface area contributed by atoms with E-state index in [1.165, 1.54) is 5.69 Å². The van der Waals surface area contributed by atoms with E-state index in [1.807, 2.05) is 60.8 Å². The fourth-order valence-corrected chi connectivity index (χ4v) is 14.5. The molecular weight excluding hydrogens is 1680 g/mol. The number of ether oxygens (including phenoxy) is 3. The van der Waals surface area contributed by atoms with Gasteiger partial charge in [0.1, 0.15) is 28.7 Å². The second kappa shape index (κ2) is 46.5. The minimum atomic E-state index is -1.23. The van der Waals surface area contributed by atoms with Gasteiger partial charge in [-0.3, -0.25) is 38.0 Å². The van der Waals surface area contributed by atoms with E-state index in [-0.39, 0.29) is 107 Å². The van der Waals surface area contributed by atoms with Gasteiger partial charge in [0.05, 0.1) is 42.3 Å². The van der Waals surface area contributed by atoms with Gasteiger partial charge in [0.15, 0.2) is 28.8 Å². The van der Waals surface area contributed by atoms with Crippen LogP contribution in [0.2, 0.25) is 0 Å². The molecule has 0 spiro atoms. The smallest absolute Gasteiger partial charge is 0.384 e. The van der Waals surface area contributed by atoms with Crippen LogP contribution in [0, 0.1) is 68.0 Å². The van der Waals surface area contributed by atoms with Crippen molar-refractivity contribution in [3.8, 4) is 18.3 Å². The molecule has 0 bridgehead atoms. The normalized spacial score (nSPS) is 21.0. The minimum Gasteiger partial charge on any atom is -0.539 e. The Balaban J connectivity index is 0.000000649. The second-order valence-electron chi connectivity index (χ2n) is 35.5. The number of nitrogens with one attached hydrogen (secondary N) is 4. The number of esters is 3. The number of aromatic nitrogens is 8. The fourth-order valence-electron chi connectivity index (χ4n) is 13.1. The second-order valence-corrected chi connectivity index (χ2v) is 37.5. The Bertz CT molecular complexity index is 3960. The molecule has 0 radical (unpaired) electrons. The third kappa shape index (κ3) is 37.0. The maximum Gasteiger partial charge on any atom is 0.384 e. The number of alkyl halides is 3. The van der Waals surface area contributed by atoms with Crippen LogP contribution in [0.25, 0.3) is 0 Å². The van der Waals surface area contributed by atoms with Gasteiger partial charge in [-0.2, -0.15) is 20.6 Å². The molecule has 9 aliphatic heterocycles. The summed E-state index contributed by atoms with van der Waals surface area (Å²) in [6.45, 7) is 48.3. The van der Waals surface area contributed by atoms with Crippen molar-refractivity contribution in [3.05, 3.63) is 70.4 Å². The van der Waals surface area contributed by atoms with Gasteiger partial charge >= 0.3 is 35.8 Å². The van der Waals surface area contributed by atoms with Gasteiger partial charge in [0, 0.05) is 116 Å². The molecule has 3 unspecified atom stereocenters. The largest absolute Gasteiger partial charge is 0.539 e. The van der Waals surface area contributed by atoms with Gasteiger partial charge in [-0.15, -0.1) is 22.9 Å². The molecule has 3 amide bonds. The summed E-state index contributed by atoms with van der Waals surface area (Å²) in [5, 5.41) is 66.0. The van der Waals surface area contributed by atoms with Crippen LogP contribution < -0.4 is 31.1 Å². The molecule has 34 nitrogen and oxygen atoms in total. The molecule has 13 heterocycles. The number of nitrogens with zero attached hydrogens (tertiary/aromatic N) is 10. The maximum absolute atomic E-state index is 11.6. The SMILES string of the molecule is C#CC(=O)OCC.CC(=O)OO.CC1(C)CC(C(=O)O)N(N=O)C1.CC1(C)CCC(=O)NC1.CC1(C)CNC(=O)C(Cl)(Cl)C1.CC1(C)CNC(=O)C(Cl)C1.CC1(C)CNC(C(=O)O)C1.CC1(C)Cc2cc(C=O)nn2C1.CCOC(=O)c1cc2n(n1)CC(C)(C)C2.CCOC(=O)c1cnn2c1CC(C)(C)C2.[CH3-].[O-]c1on[n+]2c1CCC2.[Pd]. The summed E-state index contributed by atoms with van der Waals surface area (Å²) in [7, 11) is 0. The Labute approximate surface area is 715 Å². The number of carbonyl (C=O) groups is 10. The standard InChI is InChI=1S/2C11H16N2O2.C9H12N2O.C7H11Cl2NO.C7H12ClNO.C7H12N2O3.C7H13NO2.C7H13NO.C5H6N2O2.C5H6O2.C2H4O3.CH3.Pd/c1-4-15-10(14)8-6-12-13-7-11(2,3)5-9(8)13;1-4-15-10(14)9-5-8-6-11(2,3)7-13(8)12-9;1-9(2)4-8-3-7(5-12)10-11(8)6-9;1-6(2)3-7(8,9)5(11)10-4-6;1-7(2)3-5(8)6(10)9-4-7;1-7(2)3-5(6(10)11)9(4-7)8-12;1-7(2)3-5(6(9)10)8-4-7;1-7(2)4-3-6(9)8-5-7;8-5-4-2-1-3-7(4)6-9-5;1-3-5(6)7-4-2;1-2(3)5-4;;/h6H,4-5,7H2,1-3H3;5H,4,6-7H2,1-3H3;3,5H,4,6H2,1-2H3;3-4H2,1-2H3,(H,10,11);5H,3-4H2,1-2H3,(H,9,10);5H,3-4H2,1-2H3,(H,10,11);5,8H,3-4H2,1-2H3,(H,9,10);3-5H2,1-2H3,(H,8,9);1-3H2;1H,4H2,2H3;4H,1H3;1H3;/q;;;;;;;;;;;-1;. The number of carboxylic acids is 2. The van der Waals surface area contributed by atoms with Gasteiger partial charge in [0.2, 0.25) is 17.5 Å². The van der Waals surface area contributed by atoms with Crippen molar-refractivity contribution in [2.24, 2.45) is 48.6 Å². The van der Waals surface area contributed by atoms with Crippen molar-refractivity contribution >= 4 is 94.6 Å². The van der Waals surface area contributed by atoms with Gasteiger partial charge in [0.25, 0.3) is 5.91 Å². The van der Waals surface area contributed by atoms with Crippen LogP contribution in [0.1, 0.15) is 238 Å². The third-order valence-corrected chi connectivity index (χ3v) is 19.8. The summed E-state index contributed by atoms with van der Waals surface area (Å²) >= 11 is 17.3. The van der Waals surface area contributed by atoms with Crippen molar-refractivity contribution in [2.45, 2.75) is 257 Å². The number of nitroso groups, excluding NO2 is 1. The molecule has 0 aromatic carbocycles. The molecule has 0 saturated carbocycles. The van der Waals surface area contributed by atoms with Crippen LogP contribution in [0.3, 0.4) is 0 Å². The number of hydrogen-bond acceptors (Lipinski definition) is 24. The van der Waals surface area contributed by atoms with E-state index < -0.39 is 34.3 Å². The monoisotopic (exact) mass is 1800 g/mol. The van der Waals surface area contributed by atoms with E-state index in [9.17, 15) is 58.0 Å². The molecule has 117 heavy (non-hydrogen) atoms. The summed E-state index contributed by atoms with van der Waals surface area (Å²) in [5.41, 5.74) is 6.94. The number of halogens is 3. The Hall–Kier alpha value is -8.12. The van der Waals surface area contributed by atoms with Crippen LogP contribution in [0.5, 0.6) is 5.95 Å². The molecule has 0 aliphatic carbocycles. The van der Waals surface area contributed by atoms with E-state index in [1.54, 1.807) is 30.6 Å². The number of rotatable bonds is 9. The number of terminal acetylenes is 1. The first-order valence-electron chi connectivity index (χ1n) is 38.2. The number of aldehydes is 1. The molecule has 7 N–H and O–H groups in total. The molecule has 662 valence electrons. The van der Waals surface area contributed by atoms with Crippen LogP contribution in [-0.4, -0.2) is 189 Å². The van der Waals surface area contributed by atoms with Crippen LogP contribution >= 0.6 is 34.8 Å². The Kier molecular flexibility index (Phi) is 42.4. The number of aliphatic carboxylic acids is 2. The summed E-state index contributed by atoms with van der Waals surface area (Å²) in [5.74, 6) is -2.13. The zero-order valence-corrected chi connectivity index (χ0v) is 75.4. The zero-order valence-electron chi connectivity index (χ0n) is 71.6. The number of hydrogen-bond donors (Lipinski definition) is 7. The van der Waals surface area contributed by atoms with E-state index in [4.69, 9.17) is 59.7 Å². The predicted molar refractivity (Wildman–Crippen MR) is 430 cm³/mol. The Morgan fingerprint density at radius 2 is 1.23 bits per heavy atom. The van der Waals surface area contributed by atoms with E-state index in [0.29, 0.717) is 80.0 Å². The maximum atomic E-state index is 11.6. The van der Waals surface area contributed by atoms with Crippen LogP contribution in [0.4, 0.5) is 0 Å². The Morgan fingerprint density at radius 3 is 1.64 bits per heavy atom. The number of piperidine rings is 3. The molecule has 3 atom stereocenters. The van der Waals surface area contributed by atoms with Crippen LogP contribution in [0.15, 0.2) is 28.1 Å². The average molecular weight is 1800 g/mol. The topological polar surface area (TPSA) is 456 Å². The first kappa shape index (κ1) is 107. The molecule has 4 aromatic rings. The number of aryl methyl sites for hydroxylation is 1. The molecule has 38 heteroatoms. The van der Waals surface area contributed by atoms with Gasteiger partial charge in [-0.05, 0) is 128 Å². The average Bonchev–Trinajstić information content (AvgIpc) is 1.65. The summed E-state index contributed by atoms with van der Waals surface area (Å²) in [6.07, 6.45) is 16.0. The molecule has 4 aromatic heterocycles. The van der Waals surface area contributed by atoms with Crippen molar-refractivity contribution in [1.82, 2.24) is 60.9 Å². The molecule has 5 fully saturated rings. The predicted octanol–water partition coefficient (Wildman–Crippen LogP) is 9.28. The number of amides is 3. The van der Waals surface area contributed by atoms with Gasteiger partial charge in [-0.1, -0.05) is 139 Å². The number of carboxylic acid groups (broad SMARTS) is 2. The molecular formula is C79H124Cl3N14O20Pd-. The van der Waals surface area contributed by atoms with Gasteiger partial charge in [-0.25, -0.2) is 29.0 Å². The zero-order chi connectivity index (χ0) is 87.6. The fraction of sp³-hybridized carbons (Fsp3) is 0.696. The Morgan fingerprint density at radius 1 is 0.701 bits per heavy atom. The summed E-state index contributed by atoms with van der Waals surface area (Å²) in [6, 6.07) is 2.65. The summed E-state index contributed by atoms with van der Waals surface area (Å²) in [4.78, 5) is 120. The first-order chi connectivity index (χ1) is 53.0. The van der Waals surface area contributed by atoms with Crippen molar-refractivity contribution in [1.29, 1.82) is 0 Å². The first-order valence-corrected chi connectivity index (χ1v) is 39.4. The number of fused-ring (bicyclic) bond motifs is 4. The van der Waals surface area contributed by atoms with E-state index >= 15 is 0 Å². The van der Waals surface area contributed by atoms with Crippen molar-refractivity contribution in [3.63, 3.8) is 0 Å². The summed E-state index contributed by atoms with van der Waals surface area (Å²) < 4.78 is 24.7. The molecule has 13 rings (SSSR count). The van der Waals surface area contributed by atoms with Crippen molar-refractivity contribution in [2.75, 3.05) is 52.5 Å².